The minimum Gasteiger partial charge on any atom is -0.388 e. The summed E-state index contributed by atoms with van der Waals surface area (Å²) in [7, 11) is 0. The van der Waals surface area contributed by atoms with Crippen LogP contribution in [0.1, 0.15) is 45.7 Å². The van der Waals surface area contributed by atoms with Gasteiger partial charge >= 0.3 is 0 Å². The maximum atomic E-state index is 10.8. The summed E-state index contributed by atoms with van der Waals surface area (Å²) in [5, 5.41) is 14.3. The van der Waals surface area contributed by atoms with Crippen LogP contribution in [0.15, 0.2) is 28.7 Å². The van der Waals surface area contributed by atoms with Gasteiger partial charge in [-0.15, -0.1) is 0 Å². The van der Waals surface area contributed by atoms with E-state index in [4.69, 9.17) is 4.74 Å². The molecule has 4 heteroatoms. The summed E-state index contributed by atoms with van der Waals surface area (Å²) in [4.78, 5) is 0. The van der Waals surface area contributed by atoms with Crippen molar-refractivity contribution in [2.24, 2.45) is 5.41 Å². The zero-order valence-electron chi connectivity index (χ0n) is 13.3. The smallest absolute Gasteiger partial charge is 0.0871 e. The van der Waals surface area contributed by atoms with Gasteiger partial charge in [0.1, 0.15) is 0 Å². The van der Waals surface area contributed by atoms with Crippen molar-refractivity contribution in [1.82, 2.24) is 5.32 Å². The van der Waals surface area contributed by atoms with E-state index in [1.165, 1.54) is 5.56 Å². The molecule has 0 bridgehead atoms. The van der Waals surface area contributed by atoms with Gasteiger partial charge in [0.05, 0.1) is 11.7 Å². The van der Waals surface area contributed by atoms with Gasteiger partial charge in [0.15, 0.2) is 0 Å². The Morgan fingerprint density at radius 1 is 1.38 bits per heavy atom. The van der Waals surface area contributed by atoms with Gasteiger partial charge in [-0.05, 0) is 31.5 Å². The number of hydrogen-bond donors (Lipinski definition) is 2. The van der Waals surface area contributed by atoms with Crippen molar-refractivity contribution >= 4 is 15.9 Å². The first-order chi connectivity index (χ1) is 9.80. The van der Waals surface area contributed by atoms with Crippen molar-refractivity contribution in [2.45, 2.75) is 51.9 Å². The van der Waals surface area contributed by atoms with Gasteiger partial charge in [-0.25, -0.2) is 0 Å². The minimum atomic E-state index is -0.698. The van der Waals surface area contributed by atoms with Crippen LogP contribution in [0, 0.1) is 5.41 Å². The molecule has 0 heterocycles. The van der Waals surface area contributed by atoms with Crippen molar-refractivity contribution in [3.63, 3.8) is 0 Å². The third kappa shape index (κ3) is 3.34. The summed E-state index contributed by atoms with van der Waals surface area (Å²) in [6, 6.07) is 8.49. The van der Waals surface area contributed by atoms with Crippen molar-refractivity contribution in [2.75, 3.05) is 13.2 Å². The molecule has 1 aromatic carbocycles. The van der Waals surface area contributed by atoms with Crippen LogP contribution < -0.4 is 5.32 Å². The molecule has 1 fully saturated rings. The average molecular weight is 356 g/mol. The van der Waals surface area contributed by atoms with Crippen LogP contribution in [0.5, 0.6) is 0 Å². The summed E-state index contributed by atoms with van der Waals surface area (Å²) in [6.07, 6.45) is 0.853. The third-order valence-electron chi connectivity index (χ3n) is 4.97. The van der Waals surface area contributed by atoms with E-state index in [9.17, 15) is 5.11 Å². The molecule has 0 unspecified atom stereocenters. The Kier molecular flexibility index (Phi) is 5.14. The van der Waals surface area contributed by atoms with E-state index in [0.29, 0.717) is 19.6 Å². The number of aliphatic hydroxyl groups is 1. The van der Waals surface area contributed by atoms with Crippen LogP contribution in [0.4, 0.5) is 0 Å². The highest BCUT2D eigenvalue weighted by molar-refractivity contribution is 9.10. The molecule has 1 saturated carbocycles. The number of rotatable bonds is 6. The van der Waals surface area contributed by atoms with Crippen molar-refractivity contribution in [1.29, 1.82) is 0 Å². The fourth-order valence-corrected chi connectivity index (χ4v) is 3.22. The zero-order valence-corrected chi connectivity index (χ0v) is 14.9. The quantitative estimate of drug-likeness (QED) is 0.817. The molecular formula is C17H26BrNO2. The highest BCUT2D eigenvalue weighted by Gasteiger charge is 2.59. The normalized spacial score (nSPS) is 29.0. The van der Waals surface area contributed by atoms with E-state index >= 15 is 0 Å². The fraction of sp³-hybridized carbons (Fsp3) is 0.647. The average Bonchev–Trinajstić information content (AvgIpc) is 2.45. The number of benzene rings is 1. The summed E-state index contributed by atoms with van der Waals surface area (Å²) in [6.45, 7) is 9.58. The summed E-state index contributed by atoms with van der Waals surface area (Å²) in [5.41, 5.74) is 0.312. The third-order valence-corrected chi connectivity index (χ3v) is 5.49. The van der Waals surface area contributed by atoms with Crippen LogP contribution in [-0.4, -0.2) is 30.0 Å². The molecule has 3 atom stereocenters. The molecule has 0 spiro atoms. The summed E-state index contributed by atoms with van der Waals surface area (Å²) in [5.74, 6) is 0. The topological polar surface area (TPSA) is 41.5 Å². The first-order valence-electron chi connectivity index (χ1n) is 7.63. The Labute approximate surface area is 136 Å². The van der Waals surface area contributed by atoms with Gasteiger partial charge in [0.25, 0.3) is 0 Å². The Hall–Kier alpha value is -0.420. The largest absolute Gasteiger partial charge is 0.388 e. The second-order valence-electron chi connectivity index (χ2n) is 6.56. The Morgan fingerprint density at radius 3 is 2.52 bits per heavy atom. The molecular weight excluding hydrogens is 330 g/mol. The lowest BCUT2D eigenvalue weighted by molar-refractivity contribution is -0.238. The van der Waals surface area contributed by atoms with Gasteiger partial charge in [-0.1, -0.05) is 41.9 Å². The standard InChI is InChI=1S/C17H26BrNO2/c1-5-21-15-10-17(20,16(15,3)4)11-19-12(2)13-6-8-14(18)9-7-13/h6-9,12,15,19-20H,5,10-11H2,1-4H3/t12-,15-,17-/m1/s1. The van der Waals surface area contributed by atoms with Crippen LogP contribution >= 0.6 is 15.9 Å². The van der Waals surface area contributed by atoms with Crippen molar-refractivity contribution in [3.05, 3.63) is 34.3 Å². The lowest BCUT2D eigenvalue weighted by Gasteiger charge is -2.58. The summed E-state index contributed by atoms with van der Waals surface area (Å²) < 4.78 is 6.78. The molecule has 0 radical (unpaired) electrons. The highest BCUT2D eigenvalue weighted by atomic mass is 79.9. The van der Waals surface area contributed by atoms with E-state index < -0.39 is 5.60 Å². The zero-order chi connectivity index (χ0) is 15.7. The predicted octanol–water partition coefficient (Wildman–Crippen LogP) is 3.67. The van der Waals surface area contributed by atoms with Crippen molar-refractivity contribution in [3.8, 4) is 0 Å². The lowest BCUT2D eigenvalue weighted by Crippen LogP contribution is -2.68. The molecule has 2 N–H and O–H groups in total. The lowest BCUT2D eigenvalue weighted by atomic mass is 9.56. The van der Waals surface area contributed by atoms with Crippen LogP contribution in [-0.2, 0) is 4.74 Å². The van der Waals surface area contributed by atoms with Gasteiger partial charge < -0.3 is 15.2 Å². The molecule has 2 rings (SSSR count). The first-order valence-corrected chi connectivity index (χ1v) is 8.42. The second kappa shape index (κ2) is 6.37. The molecule has 1 aliphatic carbocycles. The molecule has 3 nitrogen and oxygen atoms in total. The molecule has 1 aliphatic rings. The van der Waals surface area contributed by atoms with E-state index in [1.54, 1.807) is 0 Å². The Bertz CT molecular complexity index is 474. The van der Waals surface area contributed by atoms with E-state index in [1.807, 2.05) is 19.1 Å². The number of nitrogens with one attached hydrogen (secondary N) is 1. The maximum absolute atomic E-state index is 10.8. The molecule has 0 aromatic heterocycles. The van der Waals surface area contributed by atoms with Gasteiger partial charge in [-0.2, -0.15) is 0 Å². The van der Waals surface area contributed by atoms with E-state index in [2.05, 4.69) is 54.2 Å². The van der Waals surface area contributed by atoms with Gasteiger partial charge in [0.2, 0.25) is 0 Å². The number of hydrogen-bond acceptors (Lipinski definition) is 3. The molecule has 0 aliphatic heterocycles. The highest BCUT2D eigenvalue weighted by Crippen LogP contribution is 2.51. The fourth-order valence-electron chi connectivity index (χ4n) is 2.95. The minimum absolute atomic E-state index is 0.150. The maximum Gasteiger partial charge on any atom is 0.0871 e. The SMILES string of the molecule is CCO[C@@H]1C[C@@](O)(CN[C@H](C)c2ccc(Br)cc2)C1(C)C. The predicted molar refractivity (Wildman–Crippen MR) is 89.3 cm³/mol. The molecule has 0 saturated heterocycles. The van der Waals surface area contributed by atoms with E-state index in [0.717, 1.165) is 4.47 Å². The summed E-state index contributed by atoms with van der Waals surface area (Å²) >= 11 is 3.45. The van der Waals surface area contributed by atoms with Gasteiger partial charge in [-0.3, -0.25) is 0 Å². The Balaban J connectivity index is 1.92. The molecule has 0 amide bonds. The van der Waals surface area contributed by atoms with Crippen molar-refractivity contribution < 1.29 is 9.84 Å². The Morgan fingerprint density at radius 2 is 2.00 bits per heavy atom. The second-order valence-corrected chi connectivity index (χ2v) is 7.47. The van der Waals surface area contributed by atoms with Gasteiger partial charge in [0, 0.05) is 35.5 Å². The molecule has 21 heavy (non-hydrogen) atoms. The van der Waals surface area contributed by atoms with Crippen LogP contribution in [0.3, 0.4) is 0 Å². The van der Waals surface area contributed by atoms with Crippen LogP contribution in [0.25, 0.3) is 0 Å². The monoisotopic (exact) mass is 355 g/mol. The first kappa shape index (κ1) is 16.9. The molecule has 1 aromatic rings. The number of halogens is 1. The molecule has 118 valence electrons. The number of ether oxygens (including phenoxy) is 1. The van der Waals surface area contributed by atoms with E-state index in [-0.39, 0.29) is 17.6 Å². The van der Waals surface area contributed by atoms with Crippen LogP contribution in [0.2, 0.25) is 0 Å².